The molecule has 1 aliphatic rings. The Hall–Kier alpha value is -2.73. The fourth-order valence-corrected chi connectivity index (χ4v) is 3.44. The van der Waals surface area contributed by atoms with E-state index < -0.39 is 0 Å². The minimum Gasteiger partial charge on any atom is -0.363 e. The maximum Gasteiger partial charge on any atom is 0.174 e. The number of H-pyrrole nitrogens is 1. The van der Waals surface area contributed by atoms with Crippen LogP contribution in [0.2, 0.25) is 0 Å². The van der Waals surface area contributed by atoms with E-state index in [1.807, 2.05) is 41.4 Å². The summed E-state index contributed by atoms with van der Waals surface area (Å²) in [6.45, 7) is 0. The topological polar surface area (TPSA) is 44.0 Å². The van der Waals surface area contributed by atoms with Gasteiger partial charge in [-0.05, 0) is 48.6 Å². The van der Waals surface area contributed by atoms with Crippen molar-refractivity contribution >= 4 is 23.0 Å². The van der Waals surface area contributed by atoms with Crippen LogP contribution in [0.5, 0.6) is 0 Å². The summed E-state index contributed by atoms with van der Waals surface area (Å²) in [6, 6.07) is 15.9. The molecule has 3 aromatic rings. The number of thiocarbonyl (C=S) groups is 1. The number of aromatic nitrogens is 2. The monoisotopic (exact) mass is 338 g/mol. The van der Waals surface area contributed by atoms with E-state index in [2.05, 4.69) is 15.3 Å². The first-order valence-corrected chi connectivity index (χ1v) is 8.05. The molecule has 2 N–H and O–H groups in total. The molecule has 0 saturated carbocycles. The van der Waals surface area contributed by atoms with E-state index in [4.69, 9.17) is 12.2 Å². The largest absolute Gasteiger partial charge is 0.363 e. The van der Waals surface area contributed by atoms with Gasteiger partial charge in [-0.2, -0.15) is 0 Å². The summed E-state index contributed by atoms with van der Waals surface area (Å²) in [5.41, 5.74) is 2.26. The van der Waals surface area contributed by atoms with E-state index in [0.29, 0.717) is 10.8 Å². The molecule has 0 unspecified atom stereocenters. The van der Waals surface area contributed by atoms with Crippen molar-refractivity contribution in [3.63, 3.8) is 0 Å². The van der Waals surface area contributed by atoms with E-state index in [0.717, 1.165) is 11.4 Å². The van der Waals surface area contributed by atoms with Crippen molar-refractivity contribution in [3.05, 3.63) is 84.2 Å². The molecule has 6 heteroatoms. The van der Waals surface area contributed by atoms with Gasteiger partial charge in [-0.1, -0.05) is 18.2 Å². The molecule has 2 aromatic heterocycles. The van der Waals surface area contributed by atoms with Crippen molar-refractivity contribution in [1.29, 1.82) is 0 Å². The molecule has 24 heavy (non-hydrogen) atoms. The predicted molar refractivity (Wildman–Crippen MR) is 95.1 cm³/mol. The van der Waals surface area contributed by atoms with Gasteiger partial charge in [-0.25, -0.2) is 4.39 Å². The van der Waals surface area contributed by atoms with Crippen LogP contribution in [0.3, 0.4) is 0 Å². The lowest BCUT2D eigenvalue weighted by Crippen LogP contribution is -2.30. The average Bonchev–Trinajstić information content (AvgIpc) is 3.24. The summed E-state index contributed by atoms with van der Waals surface area (Å²) < 4.78 is 14.4. The first kappa shape index (κ1) is 14.8. The van der Waals surface area contributed by atoms with Crippen molar-refractivity contribution in [1.82, 2.24) is 15.3 Å². The van der Waals surface area contributed by atoms with Crippen LogP contribution < -0.4 is 10.2 Å². The Labute approximate surface area is 144 Å². The number of rotatable bonds is 3. The van der Waals surface area contributed by atoms with Crippen LogP contribution in [0.4, 0.5) is 10.1 Å². The highest BCUT2D eigenvalue weighted by Crippen LogP contribution is 2.41. The summed E-state index contributed by atoms with van der Waals surface area (Å²) in [7, 11) is 0. The molecule has 2 atom stereocenters. The quantitative estimate of drug-likeness (QED) is 0.714. The van der Waals surface area contributed by atoms with E-state index in [9.17, 15) is 4.39 Å². The zero-order valence-corrected chi connectivity index (χ0v) is 13.5. The van der Waals surface area contributed by atoms with Crippen molar-refractivity contribution in [2.45, 2.75) is 12.1 Å². The number of hydrogen-bond donors (Lipinski definition) is 2. The Morgan fingerprint density at radius 2 is 1.88 bits per heavy atom. The van der Waals surface area contributed by atoms with Gasteiger partial charge in [-0.3, -0.25) is 4.98 Å². The number of anilines is 1. The summed E-state index contributed by atoms with van der Waals surface area (Å²) in [4.78, 5) is 9.49. The van der Waals surface area contributed by atoms with Crippen molar-refractivity contribution in [3.8, 4) is 0 Å². The number of pyridine rings is 1. The molecule has 4 rings (SSSR count). The molecule has 1 aliphatic heterocycles. The number of aromatic amines is 1. The zero-order valence-electron chi connectivity index (χ0n) is 12.7. The van der Waals surface area contributed by atoms with E-state index in [1.54, 1.807) is 24.4 Å². The zero-order chi connectivity index (χ0) is 16.5. The van der Waals surface area contributed by atoms with Gasteiger partial charge in [0.1, 0.15) is 11.9 Å². The van der Waals surface area contributed by atoms with Crippen molar-refractivity contribution < 1.29 is 4.39 Å². The molecule has 0 radical (unpaired) electrons. The molecule has 1 aromatic carbocycles. The minimum absolute atomic E-state index is 0.169. The highest BCUT2D eigenvalue weighted by molar-refractivity contribution is 7.80. The van der Waals surface area contributed by atoms with Gasteiger partial charge in [0.05, 0.1) is 17.4 Å². The Balaban J connectivity index is 1.84. The number of hydrogen-bond acceptors (Lipinski definition) is 2. The Morgan fingerprint density at radius 3 is 2.58 bits per heavy atom. The van der Waals surface area contributed by atoms with Crippen LogP contribution in [0.25, 0.3) is 0 Å². The van der Waals surface area contributed by atoms with E-state index in [-0.39, 0.29) is 17.9 Å². The molecule has 0 aliphatic carbocycles. The number of nitrogens with zero attached hydrogens (tertiary/aromatic N) is 2. The first-order valence-electron chi connectivity index (χ1n) is 7.64. The highest BCUT2D eigenvalue weighted by atomic mass is 32.1. The summed E-state index contributed by atoms with van der Waals surface area (Å²) in [5.74, 6) is -0.306. The molecule has 1 fully saturated rings. The second kappa shape index (κ2) is 6.05. The van der Waals surface area contributed by atoms with Gasteiger partial charge >= 0.3 is 0 Å². The molecule has 4 nitrogen and oxygen atoms in total. The van der Waals surface area contributed by atoms with Gasteiger partial charge in [0.25, 0.3) is 0 Å². The lowest BCUT2D eigenvalue weighted by Gasteiger charge is -2.27. The SMILES string of the molecule is Fc1ccccc1N1C(=S)N[C@H](c2ccccn2)[C@@H]1c1ccc[nH]1. The van der Waals surface area contributed by atoms with Gasteiger partial charge < -0.3 is 15.2 Å². The van der Waals surface area contributed by atoms with Crippen molar-refractivity contribution in [2.24, 2.45) is 0 Å². The van der Waals surface area contributed by atoms with Gasteiger partial charge in [-0.15, -0.1) is 0 Å². The third-order valence-electron chi connectivity index (χ3n) is 4.15. The standard InChI is InChI=1S/C18H15FN4S/c19-12-6-1-2-9-15(12)23-17(14-8-5-11-21-14)16(22-18(23)24)13-7-3-4-10-20-13/h1-11,16-17,21H,(H,22,24)/t16-,17+/m1/s1. The van der Waals surface area contributed by atoms with Crippen LogP contribution in [0.15, 0.2) is 67.0 Å². The predicted octanol–water partition coefficient (Wildman–Crippen LogP) is 3.73. The molecule has 0 bridgehead atoms. The lowest BCUT2D eigenvalue weighted by molar-refractivity contribution is 0.550. The molecule has 0 spiro atoms. The van der Waals surface area contributed by atoms with Crippen LogP contribution in [0, 0.1) is 5.82 Å². The maximum absolute atomic E-state index is 14.4. The van der Waals surface area contributed by atoms with E-state index in [1.165, 1.54) is 6.07 Å². The maximum atomic E-state index is 14.4. The van der Waals surface area contributed by atoms with Gasteiger partial charge in [0.2, 0.25) is 0 Å². The number of benzene rings is 1. The second-order valence-electron chi connectivity index (χ2n) is 5.57. The Kier molecular flexibility index (Phi) is 3.74. The van der Waals surface area contributed by atoms with Crippen LogP contribution in [-0.2, 0) is 0 Å². The Bertz CT molecular complexity index is 850. The fraction of sp³-hybridized carbons (Fsp3) is 0.111. The highest BCUT2D eigenvalue weighted by Gasteiger charge is 2.41. The average molecular weight is 338 g/mol. The van der Waals surface area contributed by atoms with Crippen LogP contribution in [-0.4, -0.2) is 15.1 Å². The second-order valence-corrected chi connectivity index (χ2v) is 5.96. The fourth-order valence-electron chi connectivity index (χ4n) is 3.11. The molecular weight excluding hydrogens is 323 g/mol. The first-order chi connectivity index (χ1) is 11.8. The third kappa shape index (κ3) is 2.45. The van der Waals surface area contributed by atoms with Gasteiger partial charge in [0, 0.05) is 18.1 Å². The molecular formula is C18H15FN4S. The minimum atomic E-state index is -0.306. The lowest BCUT2D eigenvalue weighted by atomic mass is 10.0. The van der Waals surface area contributed by atoms with Crippen LogP contribution >= 0.6 is 12.2 Å². The summed E-state index contributed by atoms with van der Waals surface area (Å²) in [5, 5.41) is 3.77. The normalized spacial score (nSPS) is 20.2. The van der Waals surface area contributed by atoms with Crippen LogP contribution in [0.1, 0.15) is 23.5 Å². The number of halogens is 1. The summed E-state index contributed by atoms with van der Waals surface area (Å²) in [6.07, 6.45) is 3.60. The Morgan fingerprint density at radius 1 is 1.04 bits per heavy atom. The third-order valence-corrected chi connectivity index (χ3v) is 4.47. The van der Waals surface area contributed by atoms with Gasteiger partial charge in [0.15, 0.2) is 5.11 Å². The smallest absolute Gasteiger partial charge is 0.174 e. The molecule has 1 saturated heterocycles. The van der Waals surface area contributed by atoms with Crippen molar-refractivity contribution in [2.75, 3.05) is 4.90 Å². The molecule has 3 heterocycles. The number of para-hydroxylation sites is 1. The number of nitrogens with one attached hydrogen (secondary N) is 2. The van der Waals surface area contributed by atoms with E-state index >= 15 is 0 Å². The summed E-state index contributed by atoms with van der Waals surface area (Å²) >= 11 is 5.52. The molecule has 0 amide bonds. The molecule has 120 valence electrons.